The molecule has 24 heavy (non-hydrogen) atoms. The number of likely N-dealkylation sites (tertiary alicyclic amines) is 1. The quantitative estimate of drug-likeness (QED) is 0.872. The third-order valence-corrected chi connectivity index (χ3v) is 5.28. The fourth-order valence-corrected chi connectivity index (χ4v) is 4.01. The Kier molecular flexibility index (Phi) is 5.30. The number of nitrogens with zero attached hydrogens (tertiary/aromatic N) is 3. The van der Waals surface area contributed by atoms with Crippen molar-refractivity contribution < 1.29 is 9.59 Å². The second-order valence-electron chi connectivity index (χ2n) is 6.08. The largest absolute Gasteiger partial charge is 0.348 e. The molecule has 0 aliphatic carbocycles. The minimum Gasteiger partial charge on any atom is -0.348 e. The van der Waals surface area contributed by atoms with Gasteiger partial charge < -0.3 is 10.2 Å². The molecule has 3 rings (SSSR count). The summed E-state index contributed by atoms with van der Waals surface area (Å²) in [5, 5.41) is 9.10. The lowest BCUT2D eigenvalue weighted by Crippen LogP contribution is -2.40. The molecule has 128 valence electrons. The first-order valence-electron chi connectivity index (χ1n) is 8.21. The Balaban J connectivity index is 1.66. The van der Waals surface area contributed by atoms with E-state index < -0.39 is 0 Å². The van der Waals surface area contributed by atoms with E-state index in [2.05, 4.69) is 10.4 Å². The summed E-state index contributed by atoms with van der Waals surface area (Å²) in [5.74, 6) is -0.0208. The van der Waals surface area contributed by atoms with Crippen molar-refractivity contribution in [2.75, 3.05) is 6.54 Å². The molecule has 7 heteroatoms. The van der Waals surface area contributed by atoms with Crippen molar-refractivity contribution in [3.8, 4) is 0 Å². The molecule has 2 aromatic rings. The van der Waals surface area contributed by atoms with Crippen LogP contribution in [-0.2, 0) is 16.1 Å². The van der Waals surface area contributed by atoms with Crippen LogP contribution in [0.5, 0.6) is 0 Å². The van der Waals surface area contributed by atoms with Gasteiger partial charge in [-0.1, -0.05) is 6.07 Å². The second kappa shape index (κ2) is 7.61. The Labute approximate surface area is 145 Å². The molecule has 2 atom stereocenters. The lowest BCUT2D eigenvalue weighted by Gasteiger charge is -2.27. The number of carbonyl (C=O) groups excluding carboxylic acids is 2. The van der Waals surface area contributed by atoms with E-state index in [1.807, 2.05) is 39.4 Å². The first kappa shape index (κ1) is 16.7. The van der Waals surface area contributed by atoms with Gasteiger partial charge in [-0.3, -0.25) is 14.3 Å². The lowest BCUT2D eigenvalue weighted by atomic mass is 10.1. The maximum atomic E-state index is 12.8. The van der Waals surface area contributed by atoms with Crippen LogP contribution in [0.15, 0.2) is 36.0 Å². The van der Waals surface area contributed by atoms with E-state index >= 15 is 0 Å². The molecule has 1 saturated heterocycles. The van der Waals surface area contributed by atoms with Crippen LogP contribution in [0.25, 0.3) is 0 Å². The molecular weight excluding hydrogens is 324 g/mol. The number of rotatable bonds is 6. The van der Waals surface area contributed by atoms with Crippen molar-refractivity contribution in [2.45, 2.75) is 44.8 Å². The Hall–Kier alpha value is -2.15. The van der Waals surface area contributed by atoms with Crippen LogP contribution < -0.4 is 5.32 Å². The van der Waals surface area contributed by atoms with E-state index in [-0.39, 0.29) is 23.9 Å². The molecule has 0 spiro atoms. The van der Waals surface area contributed by atoms with Crippen molar-refractivity contribution in [1.29, 1.82) is 0 Å². The van der Waals surface area contributed by atoms with E-state index in [0.29, 0.717) is 6.42 Å². The molecule has 2 aromatic heterocycles. The number of carbonyl (C=O) groups is 2. The van der Waals surface area contributed by atoms with Crippen LogP contribution in [0, 0.1) is 0 Å². The van der Waals surface area contributed by atoms with Gasteiger partial charge in [-0.2, -0.15) is 5.10 Å². The zero-order chi connectivity index (χ0) is 16.9. The first-order chi connectivity index (χ1) is 11.6. The molecule has 2 amide bonds. The minimum absolute atomic E-state index is 0.0943. The number of hydrogen-bond acceptors (Lipinski definition) is 4. The predicted molar refractivity (Wildman–Crippen MR) is 92.5 cm³/mol. The van der Waals surface area contributed by atoms with E-state index in [1.165, 1.54) is 6.92 Å². The fourth-order valence-electron chi connectivity index (χ4n) is 3.23. The van der Waals surface area contributed by atoms with Gasteiger partial charge in [0.15, 0.2) is 0 Å². The zero-order valence-corrected chi connectivity index (χ0v) is 14.5. The molecule has 6 nitrogen and oxygen atoms in total. The fraction of sp³-hybridized carbons (Fsp3) is 0.471. The van der Waals surface area contributed by atoms with E-state index in [1.54, 1.807) is 17.5 Å². The molecule has 0 saturated carbocycles. The molecule has 1 N–H and O–H groups in total. The molecule has 1 aliphatic rings. The average Bonchev–Trinajstić information content (AvgIpc) is 3.29. The average molecular weight is 346 g/mol. The molecule has 0 bridgehead atoms. The van der Waals surface area contributed by atoms with Gasteiger partial charge in [-0.25, -0.2) is 0 Å². The van der Waals surface area contributed by atoms with Crippen LogP contribution in [-0.4, -0.2) is 39.1 Å². The SMILES string of the molecule is CC(=O)NC(CC(=O)N1CCCC1Cn1cccn1)c1cccs1. The van der Waals surface area contributed by atoms with Gasteiger partial charge in [0.1, 0.15) is 0 Å². The Morgan fingerprint density at radius 2 is 2.33 bits per heavy atom. The third-order valence-electron chi connectivity index (χ3n) is 4.30. The number of thiophene rings is 1. The molecular formula is C17H22N4O2S. The van der Waals surface area contributed by atoms with Crippen LogP contribution >= 0.6 is 11.3 Å². The zero-order valence-electron chi connectivity index (χ0n) is 13.7. The third kappa shape index (κ3) is 4.03. The maximum Gasteiger partial charge on any atom is 0.225 e. The highest BCUT2D eigenvalue weighted by atomic mass is 32.1. The number of hydrogen-bond donors (Lipinski definition) is 1. The lowest BCUT2D eigenvalue weighted by molar-refractivity contribution is -0.133. The minimum atomic E-state index is -0.249. The number of amides is 2. The normalized spacial score (nSPS) is 18.5. The van der Waals surface area contributed by atoms with Crippen LogP contribution in [0.4, 0.5) is 0 Å². The van der Waals surface area contributed by atoms with Gasteiger partial charge in [0.05, 0.1) is 25.0 Å². The summed E-state index contributed by atoms with van der Waals surface area (Å²) in [6, 6.07) is 5.73. The van der Waals surface area contributed by atoms with Crippen molar-refractivity contribution >= 4 is 23.2 Å². The second-order valence-corrected chi connectivity index (χ2v) is 7.06. The topological polar surface area (TPSA) is 67.2 Å². The Morgan fingerprint density at radius 3 is 3.00 bits per heavy atom. The highest BCUT2D eigenvalue weighted by molar-refractivity contribution is 7.10. The number of aromatic nitrogens is 2. The summed E-state index contributed by atoms with van der Waals surface area (Å²) >= 11 is 1.56. The van der Waals surface area contributed by atoms with Crippen molar-refractivity contribution in [2.24, 2.45) is 0 Å². The predicted octanol–water partition coefficient (Wildman–Crippen LogP) is 2.20. The summed E-state index contributed by atoms with van der Waals surface area (Å²) in [5.41, 5.74) is 0. The van der Waals surface area contributed by atoms with Crippen molar-refractivity contribution in [3.05, 3.63) is 40.8 Å². The smallest absolute Gasteiger partial charge is 0.225 e. The van der Waals surface area contributed by atoms with Crippen LogP contribution in [0.2, 0.25) is 0 Å². The van der Waals surface area contributed by atoms with E-state index in [4.69, 9.17) is 0 Å². The van der Waals surface area contributed by atoms with E-state index in [9.17, 15) is 9.59 Å². The number of nitrogens with one attached hydrogen (secondary N) is 1. The first-order valence-corrected chi connectivity index (χ1v) is 9.09. The summed E-state index contributed by atoms with van der Waals surface area (Å²) in [7, 11) is 0. The van der Waals surface area contributed by atoms with E-state index in [0.717, 1.165) is 30.8 Å². The van der Waals surface area contributed by atoms with Gasteiger partial charge in [0.25, 0.3) is 0 Å². The van der Waals surface area contributed by atoms with Gasteiger partial charge in [-0.15, -0.1) is 11.3 Å². The summed E-state index contributed by atoms with van der Waals surface area (Å²) < 4.78 is 1.88. The molecule has 0 radical (unpaired) electrons. The summed E-state index contributed by atoms with van der Waals surface area (Å²) in [4.78, 5) is 27.3. The summed E-state index contributed by atoms with van der Waals surface area (Å²) in [6.45, 7) is 2.99. The molecule has 2 unspecified atom stereocenters. The highest BCUT2D eigenvalue weighted by Crippen LogP contribution is 2.26. The Bertz CT molecular complexity index is 669. The van der Waals surface area contributed by atoms with Crippen molar-refractivity contribution in [1.82, 2.24) is 20.0 Å². The van der Waals surface area contributed by atoms with Crippen LogP contribution in [0.3, 0.4) is 0 Å². The van der Waals surface area contributed by atoms with Gasteiger partial charge in [0.2, 0.25) is 11.8 Å². The maximum absolute atomic E-state index is 12.8. The molecule has 0 aromatic carbocycles. The van der Waals surface area contributed by atoms with Crippen molar-refractivity contribution in [3.63, 3.8) is 0 Å². The standard InChI is InChI=1S/C17H22N4O2S/c1-13(22)19-15(16-6-3-10-24-16)11-17(23)21-9-2-5-14(21)12-20-8-4-7-18-20/h3-4,6-8,10,14-15H,2,5,9,11-12H2,1H3,(H,19,22). The molecule has 1 fully saturated rings. The Morgan fingerprint density at radius 1 is 1.46 bits per heavy atom. The van der Waals surface area contributed by atoms with Crippen LogP contribution in [0.1, 0.15) is 37.1 Å². The summed E-state index contributed by atoms with van der Waals surface area (Å²) in [6.07, 6.45) is 5.99. The monoisotopic (exact) mass is 346 g/mol. The van der Waals surface area contributed by atoms with Gasteiger partial charge >= 0.3 is 0 Å². The highest BCUT2D eigenvalue weighted by Gasteiger charge is 2.31. The molecule has 3 heterocycles. The molecule has 1 aliphatic heterocycles. The van der Waals surface area contributed by atoms with Gasteiger partial charge in [0, 0.05) is 30.7 Å². The van der Waals surface area contributed by atoms with Gasteiger partial charge in [-0.05, 0) is 30.4 Å².